The lowest BCUT2D eigenvalue weighted by Gasteiger charge is -2.30. The zero-order valence-corrected chi connectivity index (χ0v) is 23.0. The van der Waals surface area contributed by atoms with Crippen molar-refractivity contribution in [3.8, 4) is 5.75 Å². The standard InChI is InChI=1S/C31H38N2O4S/c1-22-9-16-28(17-10-22)38(3,37)32-20-23(2)33(27-15-18-29(31(35)36)30(34)19-27)21-24-11-13-26(14-12-24)25-7-5-4-6-8-25/h9-20,23,25,31,34-36H,3-8,21H2,1-2H3. The molecule has 2 unspecified atom stereocenters. The van der Waals surface area contributed by atoms with E-state index < -0.39 is 16.0 Å². The SMILES string of the molecule is C=S(=O)(N=CC(C)N(Cc1ccc(C2CCCCC2)cc1)c1ccc(C(O)O)c(O)c1)c1ccc(C)cc1. The summed E-state index contributed by atoms with van der Waals surface area (Å²) in [6.45, 7) is 4.42. The Morgan fingerprint density at radius 2 is 1.68 bits per heavy atom. The van der Waals surface area contributed by atoms with Crippen LogP contribution in [0.15, 0.2) is 76.0 Å². The van der Waals surface area contributed by atoms with Gasteiger partial charge in [0.05, 0.1) is 20.6 Å². The van der Waals surface area contributed by atoms with Crippen LogP contribution in [0.3, 0.4) is 0 Å². The van der Waals surface area contributed by atoms with Gasteiger partial charge < -0.3 is 20.2 Å². The lowest BCUT2D eigenvalue weighted by molar-refractivity contribution is -0.0438. The number of hydrogen-bond donors (Lipinski definition) is 3. The van der Waals surface area contributed by atoms with Crippen molar-refractivity contribution in [3.05, 3.63) is 89.0 Å². The third-order valence-corrected chi connectivity index (χ3v) is 8.83. The van der Waals surface area contributed by atoms with Gasteiger partial charge in [-0.2, -0.15) is 0 Å². The van der Waals surface area contributed by atoms with Gasteiger partial charge in [0.15, 0.2) is 6.29 Å². The number of nitrogens with zero attached hydrogens (tertiary/aromatic N) is 2. The average molecular weight is 535 g/mol. The van der Waals surface area contributed by atoms with E-state index in [0.717, 1.165) is 11.1 Å². The van der Waals surface area contributed by atoms with Crippen molar-refractivity contribution >= 4 is 27.5 Å². The van der Waals surface area contributed by atoms with Crippen LogP contribution in [0.2, 0.25) is 0 Å². The summed E-state index contributed by atoms with van der Waals surface area (Å²) >= 11 is 0. The lowest BCUT2D eigenvalue weighted by atomic mass is 9.84. The van der Waals surface area contributed by atoms with Crippen LogP contribution in [0.4, 0.5) is 5.69 Å². The first kappa shape index (κ1) is 27.9. The molecule has 0 radical (unpaired) electrons. The van der Waals surface area contributed by atoms with E-state index in [0.29, 0.717) is 23.0 Å². The number of aliphatic hydroxyl groups is 2. The van der Waals surface area contributed by atoms with Crippen molar-refractivity contribution in [2.24, 2.45) is 4.40 Å². The number of rotatable bonds is 9. The van der Waals surface area contributed by atoms with Gasteiger partial charge in [-0.15, -0.1) is 0 Å². The van der Waals surface area contributed by atoms with Crippen molar-refractivity contribution < 1.29 is 19.5 Å². The molecule has 202 valence electrons. The Morgan fingerprint density at radius 3 is 2.29 bits per heavy atom. The molecule has 3 N–H and O–H groups in total. The van der Waals surface area contributed by atoms with E-state index >= 15 is 0 Å². The van der Waals surface area contributed by atoms with Gasteiger partial charge in [-0.3, -0.25) is 0 Å². The molecule has 0 aromatic heterocycles. The maximum atomic E-state index is 13.3. The first-order valence-corrected chi connectivity index (χ1v) is 14.9. The number of benzene rings is 3. The molecule has 6 nitrogen and oxygen atoms in total. The summed E-state index contributed by atoms with van der Waals surface area (Å²) in [5, 5.41) is 29.5. The molecule has 0 heterocycles. The Balaban J connectivity index is 1.60. The number of hydrogen-bond acceptors (Lipinski definition) is 5. The fourth-order valence-corrected chi connectivity index (χ4v) is 6.06. The van der Waals surface area contributed by atoms with Gasteiger partial charge in [0, 0.05) is 30.1 Å². The molecule has 1 aliphatic rings. The number of aromatic hydroxyl groups is 1. The predicted molar refractivity (Wildman–Crippen MR) is 156 cm³/mol. The van der Waals surface area contributed by atoms with E-state index in [1.54, 1.807) is 24.4 Å². The van der Waals surface area contributed by atoms with Crippen molar-refractivity contribution in [1.29, 1.82) is 0 Å². The monoisotopic (exact) mass is 534 g/mol. The highest BCUT2D eigenvalue weighted by Gasteiger charge is 2.19. The van der Waals surface area contributed by atoms with Gasteiger partial charge in [-0.1, -0.05) is 61.2 Å². The molecule has 4 rings (SSSR count). The van der Waals surface area contributed by atoms with Crippen molar-refractivity contribution in [2.75, 3.05) is 4.90 Å². The third kappa shape index (κ3) is 6.84. The molecule has 0 aliphatic heterocycles. The quantitative estimate of drug-likeness (QED) is 0.181. The van der Waals surface area contributed by atoms with Crippen LogP contribution in [0.5, 0.6) is 5.75 Å². The predicted octanol–water partition coefficient (Wildman–Crippen LogP) is 5.89. The van der Waals surface area contributed by atoms with Crippen LogP contribution in [-0.2, 0) is 16.3 Å². The zero-order valence-electron chi connectivity index (χ0n) is 22.2. The molecular weight excluding hydrogens is 496 g/mol. The molecule has 3 aromatic rings. The Labute approximate surface area is 226 Å². The Kier molecular flexibility index (Phi) is 8.92. The number of aryl methyl sites for hydroxylation is 1. The number of phenols is 1. The highest BCUT2D eigenvalue weighted by atomic mass is 32.2. The summed E-state index contributed by atoms with van der Waals surface area (Å²) in [5.41, 5.74) is 4.24. The van der Waals surface area contributed by atoms with Gasteiger partial charge in [0.1, 0.15) is 5.75 Å². The molecule has 0 amide bonds. The molecule has 1 saturated carbocycles. The number of phenolic OH excluding ortho intramolecular Hbond substituents is 1. The second kappa shape index (κ2) is 12.2. The number of anilines is 1. The van der Waals surface area contributed by atoms with Gasteiger partial charge in [-0.05, 0) is 73.9 Å². The largest absolute Gasteiger partial charge is 0.507 e. The minimum atomic E-state index is -2.88. The van der Waals surface area contributed by atoms with E-state index in [1.807, 2.05) is 30.9 Å². The molecule has 0 saturated heterocycles. The van der Waals surface area contributed by atoms with Gasteiger partial charge in [-0.25, -0.2) is 8.61 Å². The maximum absolute atomic E-state index is 13.3. The van der Waals surface area contributed by atoms with E-state index in [4.69, 9.17) is 0 Å². The minimum absolute atomic E-state index is 0.0343. The minimum Gasteiger partial charge on any atom is -0.507 e. The lowest BCUT2D eigenvalue weighted by Crippen LogP contribution is -2.34. The fraction of sp³-hybridized carbons (Fsp3) is 0.355. The molecule has 7 heteroatoms. The van der Waals surface area contributed by atoms with E-state index in [9.17, 15) is 19.5 Å². The summed E-state index contributed by atoms with van der Waals surface area (Å²) < 4.78 is 17.7. The molecular formula is C31H38N2O4S. The second-order valence-corrected chi connectivity index (χ2v) is 12.2. The first-order valence-electron chi connectivity index (χ1n) is 13.2. The van der Waals surface area contributed by atoms with Crippen LogP contribution in [0, 0.1) is 6.92 Å². The van der Waals surface area contributed by atoms with E-state index in [1.165, 1.54) is 49.8 Å². The average Bonchev–Trinajstić information content (AvgIpc) is 2.91. The molecule has 0 spiro atoms. The summed E-state index contributed by atoms with van der Waals surface area (Å²) in [6.07, 6.45) is 6.25. The van der Waals surface area contributed by atoms with Crippen LogP contribution in [0.25, 0.3) is 0 Å². The highest BCUT2D eigenvalue weighted by Crippen LogP contribution is 2.33. The Morgan fingerprint density at radius 1 is 1.03 bits per heavy atom. The topological polar surface area (TPSA) is 93.4 Å². The van der Waals surface area contributed by atoms with Gasteiger partial charge in [0.2, 0.25) is 0 Å². The molecule has 38 heavy (non-hydrogen) atoms. The summed E-state index contributed by atoms with van der Waals surface area (Å²) in [7, 11) is -2.88. The summed E-state index contributed by atoms with van der Waals surface area (Å²) in [5.74, 6) is 4.29. The van der Waals surface area contributed by atoms with Crippen LogP contribution in [0.1, 0.15) is 73.5 Å². The van der Waals surface area contributed by atoms with Crippen LogP contribution >= 0.6 is 0 Å². The zero-order chi connectivity index (χ0) is 27.3. The summed E-state index contributed by atoms with van der Waals surface area (Å²) in [6, 6.07) is 20.5. The van der Waals surface area contributed by atoms with Crippen molar-refractivity contribution in [1.82, 2.24) is 0 Å². The second-order valence-electron chi connectivity index (χ2n) is 10.3. The highest BCUT2D eigenvalue weighted by molar-refractivity contribution is 7.99. The Hall–Kier alpha value is -3.13. The maximum Gasteiger partial charge on any atom is 0.182 e. The smallest absolute Gasteiger partial charge is 0.182 e. The fourth-order valence-electron chi connectivity index (χ4n) is 5.01. The third-order valence-electron chi connectivity index (χ3n) is 7.36. The summed E-state index contributed by atoms with van der Waals surface area (Å²) in [4.78, 5) is 2.59. The van der Waals surface area contributed by atoms with Gasteiger partial charge >= 0.3 is 0 Å². The molecule has 2 atom stereocenters. The molecule has 3 aromatic carbocycles. The first-order chi connectivity index (χ1) is 18.1. The van der Waals surface area contributed by atoms with Crippen LogP contribution in [-0.4, -0.2) is 37.7 Å². The molecule has 1 fully saturated rings. The van der Waals surface area contributed by atoms with Gasteiger partial charge in [0.25, 0.3) is 0 Å². The van der Waals surface area contributed by atoms with Crippen molar-refractivity contribution in [2.45, 2.75) is 75.6 Å². The van der Waals surface area contributed by atoms with Crippen molar-refractivity contribution in [3.63, 3.8) is 0 Å². The molecule has 0 bridgehead atoms. The molecule has 1 aliphatic carbocycles. The van der Waals surface area contributed by atoms with E-state index in [2.05, 4.69) is 34.5 Å². The van der Waals surface area contributed by atoms with E-state index in [-0.39, 0.29) is 17.4 Å². The van der Waals surface area contributed by atoms with Crippen LogP contribution < -0.4 is 4.90 Å². The Bertz CT molecular complexity index is 1340. The normalized spacial score (nSPS) is 17.0. The number of aliphatic hydroxyl groups excluding tert-OH is 1.